The quantitative estimate of drug-likeness (QED) is 0.762. The highest BCUT2D eigenvalue weighted by Gasteiger charge is 2.55. The number of ether oxygens (including phenoxy) is 3. The second-order valence-corrected chi connectivity index (χ2v) is 7.43. The number of amides is 1. The first-order valence-electron chi connectivity index (χ1n) is 9.98. The summed E-state index contributed by atoms with van der Waals surface area (Å²) in [4.78, 5) is 13.9. The molecule has 0 bridgehead atoms. The molecule has 0 aromatic heterocycles. The smallest absolute Gasteiger partial charge is 0.410 e. The molecule has 2 atom stereocenters. The van der Waals surface area contributed by atoms with Crippen molar-refractivity contribution in [1.82, 2.24) is 4.90 Å². The van der Waals surface area contributed by atoms with Crippen molar-refractivity contribution >= 4 is 6.09 Å². The van der Waals surface area contributed by atoms with Gasteiger partial charge < -0.3 is 24.8 Å². The van der Waals surface area contributed by atoms with Gasteiger partial charge in [-0.15, -0.1) is 0 Å². The van der Waals surface area contributed by atoms with Crippen molar-refractivity contribution in [3.8, 4) is 29.7 Å². The molecule has 1 aliphatic heterocycles. The number of fused-ring (bicyclic) bond motifs is 1. The lowest BCUT2D eigenvalue weighted by Crippen LogP contribution is -2.49. The van der Waals surface area contributed by atoms with Crippen LogP contribution in [0.5, 0.6) is 11.5 Å². The summed E-state index contributed by atoms with van der Waals surface area (Å²) in [6.45, 7) is 2.30. The second-order valence-electron chi connectivity index (χ2n) is 7.43. The van der Waals surface area contributed by atoms with Crippen LogP contribution in [0.15, 0.2) is 41.1 Å². The largest absolute Gasteiger partial charge is 0.497 e. The molecule has 0 unspecified atom stereocenters. The SMILES string of the molecule is CCOC(=O)N1CC=C2C(C#N)=C(N)C(C#N)(C#N)[C@H](c3cc(OC)cc(OC)c3)[C@@H]2C1. The molecule has 2 aliphatic rings. The number of hydrogen-bond donors (Lipinski definition) is 1. The Morgan fingerprint density at radius 1 is 1.19 bits per heavy atom. The Kier molecular flexibility index (Phi) is 6.27. The molecule has 32 heavy (non-hydrogen) atoms. The van der Waals surface area contributed by atoms with Gasteiger partial charge >= 0.3 is 6.09 Å². The Balaban J connectivity index is 2.29. The van der Waals surface area contributed by atoms with E-state index in [9.17, 15) is 20.6 Å². The first kappa shape index (κ1) is 22.5. The zero-order valence-electron chi connectivity index (χ0n) is 18.1. The molecule has 1 aliphatic carbocycles. The number of methoxy groups -OCH3 is 2. The van der Waals surface area contributed by atoms with Crippen molar-refractivity contribution in [1.29, 1.82) is 15.8 Å². The zero-order valence-corrected chi connectivity index (χ0v) is 18.1. The van der Waals surface area contributed by atoms with Crippen LogP contribution in [0.25, 0.3) is 0 Å². The minimum Gasteiger partial charge on any atom is -0.497 e. The van der Waals surface area contributed by atoms with Crippen LogP contribution in [0.2, 0.25) is 0 Å². The lowest BCUT2D eigenvalue weighted by Gasteiger charge is -2.45. The molecule has 164 valence electrons. The number of carbonyl (C=O) groups is 1. The Morgan fingerprint density at radius 3 is 2.31 bits per heavy atom. The van der Waals surface area contributed by atoms with Crippen molar-refractivity contribution in [3.05, 3.63) is 46.7 Å². The van der Waals surface area contributed by atoms with Gasteiger partial charge in [0, 0.05) is 31.0 Å². The molecular formula is C23H23N5O4. The number of hydrogen-bond acceptors (Lipinski definition) is 8. The Hall–Kier alpha value is -4.16. The van der Waals surface area contributed by atoms with Crippen LogP contribution in [0, 0.1) is 45.3 Å². The van der Waals surface area contributed by atoms with Gasteiger partial charge in [0.05, 0.1) is 44.2 Å². The fourth-order valence-electron chi connectivity index (χ4n) is 4.43. The summed E-state index contributed by atoms with van der Waals surface area (Å²) in [6, 6.07) is 11.3. The molecule has 9 heteroatoms. The van der Waals surface area contributed by atoms with Gasteiger partial charge in [-0.2, -0.15) is 15.8 Å². The second kappa shape index (κ2) is 8.91. The van der Waals surface area contributed by atoms with Gasteiger partial charge in [-0.1, -0.05) is 6.08 Å². The molecule has 2 N–H and O–H groups in total. The molecular weight excluding hydrogens is 410 g/mol. The highest BCUT2D eigenvalue weighted by molar-refractivity contribution is 5.69. The average molecular weight is 433 g/mol. The summed E-state index contributed by atoms with van der Waals surface area (Å²) < 4.78 is 15.9. The molecule has 9 nitrogen and oxygen atoms in total. The number of rotatable bonds is 4. The average Bonchev–Trinajstić information content (AvgIpc) is 2.82. The van der Waals surface area contributed by atoms with Crippen molar-refractivity contribution in [2.45, 2.75) is 12.8 Å². The van der Waals surface area contributed by atoms with Crippen LogP contribution in [0.3, 0.4) is 0 Å². The number of nitriles is 3. The van der Waals surface area contributed by atoms with E-state index in [4.69, 9.17) is 19.9 Å². The standard InChI is InChI=1S/C23H23N5O4/c1-4-32-22(29)28-6-5-17-18(10-24)21(27)23(12-25,13-26)20(19(17)11-28)14-7-15(30-2)9-16(8-14)31-3/h5,7-9,19-20H,4,6,11,27H2,1-3H3/t19-,20-/m1/s1. The van der Waals surface area contributed by atoms with E-state index in [0.29, 0.717) is 22.6 Å². The Bertz CT molecular complexity index is 1080. The highest BCUT2D eigenvalue weighted by Crippen LogP contribution is 2.54. The van der Waals surface area contributed by atoms with Crippen LogP contribution >= 0.6 is 0 Å². The fourth-order valence-corrected chi connectivity index (χ4v) is 4.43. The van der Waals surface area contributed by atoms with Crippen molar-refractivity contribution in [2.75, 3.05) is 33.9 Å². The predicted octanol–water partition coefficient (Wildman–Crippen LogP) is 2.59. The van der Waals surface area contributed by atoms with Crippen LogP contribution in [-0.4, -0.2) is 44.9 Å². The van der Waals surface area contributed by atoms with Gasteiger partial charge in [-0.05, 0) is 30.2 Å². The summed E-state index contributed by atoms with van der Waals surface area (Å²) in [6.07, 6.45) is 1.23. The molecule has 1 heterocycles. The van der Waals surface area contributed by atoms with Gasteiger partial charge in [-0.25, -0.2) is 4.79 Å². The highest BCUT2D eigenvalue weighted by atomic mass is 16.6. The lowest BCUT2D eigenvalue weighted by atomic mass is 9.58. The normalized spacial score (nSPS) is 21.2. The van der Waals surface area contributed by atoms with Crippen LogP contribution in [0.1, 0.15) is 18.4 Å². The summed E-state index contributed by atoms with van der Waals surface area (Å²) in [5, 5.41) is 30.2. The number of nitrogens with zero attached hydrogens (tertiary/aromatic N) is 4. The first-order valence-corrected chi connectivity index (χ1v) is 9.98. The maximum Gasteiger partial charge on any atom is 0.410 e. The maximum absolute atomic E-state index is 12.4. The zero-order chi connectivity index (χ0) is 23.5. The molecule has 1 aromatic carbocycles. The van der Waals surface area contributed by atoms with E-state index in [1.165, 1.54) is 19.1 Å². The fraction of sp³-hybridized carbons (Fsp3) is 0.391. The molecule has 0 saturated carbocycles. The van der Waals surface area contributed by atoms with Gasteiger partial charge in [0.25, 0.3) is 0 Å². The first-order chi connectivity index (χ1) is 15.4. The van der Waals surface area contributed by atoms with E-state index in [1.54, 1.807) is 31.2 Å². The van der Waals surface area contributed by atoms with Crippen molar-refractivity contribution < 1.29 is 19.0 Å². The molecule has 0 radical (unpaired) electrons. The van der Waals surface area contributed by atoms with Gasteiger partial charge in [0.15, 0.2) is 5.41 Å². The minimum atomic E-state index is -1.83. The monoisotopic (exact) mass is 433 g/mol. The summed E-state index contributed by atoms with van der Waals surface area (Å²) in [5.41, 5.74) is 5.68. The van der Waals surface area contributed by atoms with Gasteiger partial charge in [0.1, 0.15) is 17.6 Å². The summed E-state index contributed by atoms with van der Waals surface area (Å²) in [7, 11) is 3.00. The predicted molar refractivity (Wildman–Crippen MR) is 113 cm³/mol. The molecule has 0 spiro atoms. The third-order valence-corrected chi connectivity index (χ3v) is 5.92. The van der Waals surface area contributed by atoms with Gasteiger partial charge in [0.2, 0.25) is 0 Å². The van der Waals surface area contributed by atoms with E-state index in [-0.39, 0.29) is 31.0 Å². The number of nitrogens with two attached hydrogens (primary N) is 1. The van der Waals surface area contributed by atoms with Crippen molar-refractivity contribution in [2.24, 2.45) is 17.1 Å². The number of benzene rings is 1. The van der Waals surface area contributed by atoms with Crippen LogP contribution in [0.4, 0.5) is 4.79 Å². The summed E-state index contributed by atoms with van der Waals surface area (Å²) >= 11 is 0. The van der Waals surface area contributed by atoms with E-state index in [1.807, 2.05) is 0 Å². The Morgan fingerprint density at radius 2 is 1.81 bits per heavy atom. The lowest BCUT2D eigenvalue weighted by molar-refractivity contribution is 0.0999. The third kappa shape index (κ3) is 3.46. The third-order valence-electron chi connectivity index (χ3n) is 5.92. The molecule has 1 aromatic rings. The van der Waals surface area contributed by atoms with E-state index < -0.39 is 23.3 Å². The Labute approximate surface area is 186 Å². The summed E-state index contributed by atoms with van der Waals surface area (Å²) in [5.74, 6) is -0.393. The topological polar surface area (TPSA) is 145 Å². The number of allylic oxidation sites excluding steroid dienone is 2. The number of carbonyl (C=O) groups excluding carboxylic acids is 1. The van der Waals surface area contributed by atoms with Gasteiger partial charge in [-0.3, -0.25) is 0 Å². The van der Waals surface area contributed by atoms with Crippen molar-refractivity contribution in [3.63, 3.8) is 0 Å². The van der Waals surface area contributed by atoms with E-state index in [0.717, 1.165) is 0 Å². The minimum absolute atomic E-state index is 0.0936. The molecule has 1 amide bonds. The molecule has 3 rings (SSSR count). The molecule has 0 fully saturated rings. The van der Waals surface area contributed by atoms with E-state index >= 15 is 0 Å². The van der Waals surface area contributed by atoms with Crippen LogP contribution < -0.4 is 15.2 Å². The molecule has 0 saturated heterocycles. The van der Waals surface area contributed by atoms with Crippen LogP contribution in [-0.2, 0) is 4.74 Å². The maximum atomic E-state index is 12.4. The van der Waals surface area contributed by atoms with E-state index in [2.05, 4.69) is 18.2 Å².